The van der Waals surface area contributed by atoms with Crippen molar-refractivity contribution in [2.45, 2.75) is 25.0 Å². The predicted octanol–water partition coefficient (Wildman–Crippen LogP) is 2.93. The van der Waals surface area contributed by atoms with Crippen molar-refractivity contribution in [1.82, 2.24) is 0 Å². The van der Waals surface area contributed by atoms with Crippen molar-refractivity contribution in [3.05, 3.63) is 47.5 Å². The zero-order chi connectivity index (χ0) is 8.89. The van der Waals surface area contributed by atoms with Crippen molar-refractivity contribution in [2.75, 3.05) is 0 Å². The zero-order valence-corrected chi connectivity index (χ0v) is 7.66. The normalized spacial score (nSPS) is 33.8. The number of hydrogen-bond donors (Lipinski definition) is 0. The summed E-state index contributed by atoms with van der Waals surface area (Å²) in [6, 6.07) is 8.53. The summed E-state index contributed by atoms with van der Waals surface area (Å²) in [7, 11) is 0. The van der Waals surface area contributed by atoms with Gasteiger partial charge in [0.1, 0.15) is 11.7 Å². The van der Waals surface area contributed by atoms with Gasteiger partial charge in [0.15, 0.2) is 0 Å². The zero-order valence-electron chi connectivity index (χ0n) is 7.66. The fraction of sp³-hybridized carbons (Fsp3) is 0.333. The van der Waals surface area contributed by atoms with Crippen LogP contribution in [0.15, 0.2) is 36.4 Å². The van der Waals surface area contributed by atoms with Crippen LogP contribution in [0.1, 0.15) is 30.6 Å². The van der Waals surface area contributed by atoms with Crippen LogP contribution in [0.2, 0.25) is 0 Å². The second-order valence-corrected chi connectivity index (χ2v) is 3.73. The third-order valence-electron chi connectivity index (χ3n) is 3.13. The fourth-order valence-corrected chi connectivity index (χ4v) is 2.39. The molecule has 0 unspecified atom stereocenters. The van der Waals surface area contributed by atoms with Gasteiger partial charge in [0.25, 0.3) is 0 Å². The van der Waals surface area contributed by atoms with Crippen LogP contribution < -0.4 is 0 Å². The Morgan fingerprint density at radius 3 is 3.08 bits per heavy atom. The number of fused-ring (bicyclic) bond motifs is 5. The molecule has 0 saturated carbocycles. The number of ether oxygens (including phenoxy) is 1. The van der Waals surface area contributed by atoms with Crippen molar-refractivity contribution in [3.63, 3.8) is 0 Å². The molecule has 0 fully saturated rings. The standard InChI is InChI=1S/C12H12O/c1-2-12-8-7-11(13-12)9-5-3-4-6-10(9)12/h3-8,11H,2H2,1H3/t11-,12+/m0/s1. The first-order valence-corrected chi connectivity index (χ1v) is 4.82. The Hall–Kier alpha value is -1.08. The number of benzene rings is 1. The van der Waals surface area contributed by atoms with Crippen LogP contribution in [0.4, 0.5) is 0 Å². The Bertz CT molecular complexity index is 380. The van der Waals surface area contributed by atoms with E-state index in [1.165, 1.54) is 11.1 Å². The minimum atomic E-state index is -0.0960. The minimum Gasteiger partial charge on any atom is -0.354 e. The third-order valence-corrected chi connectivity index (χ3v) is 3.13. The van der Waals surface area contributed by atoms with Crippen LogP contribution in [0, 0.1) is 0 Å². The van der Waals surface area contributed by atoms with Gasteiger partial charge in [-0.2, -0.15) is 0 Å². The van der Waals surface area contributed by atoms with Crippen molar-refractivity contribution < 1.29 is 4.74 Å². The first-order chi connectivity index (χ1) is 6.36. The highest BCUT2D eigenvalue weighted by Crippen LogP contribution is 2.51. The van der Waals surface area contributed by atoms with E-state index in [1.54, 1.807) is 0 Å². The number of rotatable bonds is 1. The van der Waals surface area contributed by atoms with Gasteiger partial charge in [-0.15, -0.1) is 0 Å². The molecule has 0 amide bonds. The topological polar surface area (TPSA) is 9.23 Å². The van der Waals surface area contributed by atoms with E-state index >= 15 is 0 Å². The Morgan fingerprint density at radius 1 is 1.38 bits per heavy atom. The monoisotopic (exact) mass is 172 g/mol. The lowest BCUT2D eigenvalue weighted by Gasteiger charge is -2.21. The fourth-order valence-electron chi connectivity index (χ4n) is 2.39. The lowest BCUT2D eigenvalue weighted by atomic mass is 9.86. The van der Waals surface area contributed by atoms with E-state index in [1.807, 2.05) is 0 Å². The Labute approximate surface area is 78.0 Å². The van der Waals surface area contributed by atoms with Gasteiger partial charge >= 0.3 is 0 Å². The second kappa shape index (κ2) is 2.24. The van der Waals surface area contributed by atoms with E-state index in [4.69, 9.17) is 4.74 Å². The molecule has 0 aromatic heterocycles. The maximum atomic E-state index is 5.97. The van der Waals surface area contributed by atoms with E-state index in [0.717, 1.165) is 6.42 Å². The summed E-state index contributed by atoms with van der Waals surface area (Å²) in [5, 5.41) is 0. The largest absolute Gasteiger partial charge is 0.354 e. The van der Waals surface area contributed by atoms with Gasteiger partial charge in [0.2, 0.25) is 0 Å². The molecule has 1 aromatic rings. The van der Waals surface area contributed by atoms with Crippen molar-refractivity contribution in [1.29, 1.82) is 0 Å². The van der Waals surface area contributed by atoms with Crippen LogP contribution >= 0.6 is 0 Å². The molecule has 1 aromatic carbocycles. The average Bonchev–Trinajstić information content (AvgIpc) is 2.75. The maximum absolute atomic E-state index is 5.97. The highest BCUT2D eigenvalue weighted by Gasteiger charge is 2.44. The number of hydrogen-bond acceptors (Lipinski definition) is 1. The summed E-state index contributed by atoms with van der Waals surface area (Å²) in [6.07, 6.45) is 5.62. The highest BCUT2D eigenvalue weighted by molar-refractivity contribution is 5.46. The van der Waals surface area contributed by atoms with Gasteiger partial charge < -0.3 is 4.74 Å². The molecule has 1 nitrogen and oxygen atoms in total. The molecule has 0 N–H and O–H groups in total. The van der Waals surface area contributed by atoms with E-state index in [-0.39, 0.29) is 11.7 Å². The molecule has 2 aliphatic rings. The SMILES string of the molecule is CC[C@]12C=C[C@H](O1)c1ccccc12. The Morgan fingerprint density at radius 2 is 2.23 bits per heavy atom. The second-order valence-electron chi connectivity index (χ2n) is 3.73. The molecule has 2 heterocycles. The Balaban J connectivity index is 2.25. The average molecular weight is 172 g/mol. The van der Waals surface area contributed by atoms with Crippen LogP contribution in [-0.4, -0.2) is 0 Å². The van der Waals surface area contributed by atoms with E-state index < -0.39 is 0 Å². The molecule has 2 bridgehead atoms. The first kappa shape index (κ1) is 7.34. The van der Waals surface area contributed by atoms with Crippen LogP contribution in [0.5, 0.6) is 0 Å². The molecule has 1 heteroatoms. The molecular formula is C12H12O. The van der Waals surface area contributed by atoms with Crippen molar-refractivity contribution in [2.24, 2.45) is 0 Å². The van der Waals surface area contributed by atoms with E-state index in [0.29, 0.717) is 0 Å². The van der Waals surface area contributed by atoms with E-state index in [9.17, 15) is 0 Å². The van der Waals surface area contributed by atoms with E-state index in [2.05, 4.69) is 43.3 Å². The summed E-state index contributed by atoms with van der Waals surface area (Å²) < 4.78 is 5.97. The van der Waals surface area contributed by atoms with Crippen LogP contribution in [0.25, 0.3) is 0 Å². The van der Waals surface area contributed by atoms with Crippen molar-refractivity contribution >= 4 is 0 Å². The summed E-state index contributed by atoms with van der Waals surface area (Å²) in [4.78, 5) is 0. The summed E-state index contributed by atoms with van der Waals surface area (Å²) in [5.41, 5.74) is 2.62. The quantitative estimate of drug-likeness (QED) is 0.592. The predicted molar refractivity (Wildman–Crippen MR) is 51.4 cm³/mol. The van der Waals surface area contributed by atoms with Gasteiger partial charge in [-0.25, -0.2) is 0 Å². The summed E-state index contributed by atoms with van der Waals surface area (Å²) >= 11 is 0. The summed E-state index contributed by atoms with van der Waals surface area (Å²) in [6.45, 7) is 2.18. The molecule has 0 spiro atoms. The molecule has 0 aliphatic carbocycles. The van der Waals surface area contributed by atoms with Gasteiger partial charge in [-0.1, -0.05) is 37.3 Å². The lowest BCUT2D eigenvalue weighted by Crippen LogP contribution is -2.18. The smallest absolute Gasteiger partial charge is 0.113 e. The van der Waals surface area contributed by atoms with Crippen LogP contribution in [0.3, 0.4) is 0 Å². The molecule has 66 valence electrons. The summed E-state index contributed by atoms with van der Waals surface area (Å²) in [5.74, 6) is 0. The molecular weight excluding hydrogens is 160 g/mol. The minimum absolute atomic E-state index is 0.0960. The Kier molecular flexibility index (Phi) is 1.26. The lowest BCUT2D eigenvalue weighted by molar-refractivity contribution is -0.00521. The molecule has 0 radical (unpaired) electrons. The maximum Gasteiger partial charge on any atom is 0.113 e. The highest BCUT2D eigenvalue weighted by atomic mass is 16.5. The molecule has 2 aliphatic heterocycles. The molecule has 3 rings (SSSR count). The van der Waals surface area contributed by atoms with Gasteiger partial charge in [-0.3, -0.25) is 0 Å². The molecule has 0 saturated heterocycles. The van der Waals surface area contributed by atoms with Crippen molar-refractivity contribution in [3.8, 4) is 0 Å². The molecule has 13 heavy (non-hydrogen) atoms. The third kappa shape index (κ3) is 0.755. The van der Waals surface area contributed by atoms with Gasteiger partial charge in [-0.05, 0) is 23.6 Å². The first-order valence-electron chi connectivity index (χ1n) is 4.82. The molecule has 2 atom stereocenters. The van der Waals surface area contributed by atoms with Crippen LogP contribution in [-0.2, 0) is 10.3 Å². The van der Waals surface area contributed by atoms with Gasteiger partial charge in [0, 0.05) is 0 Å². The van der Waals surface area contributed by atoms with Gasteiger partial charge in [0.05, 0.1) is 0 Å².